The van der Waals surface area contributed by atoms with Crippen molar-refractivity contribution in [3.63, 3.8) is 0 Å². The van der Waals surface area contributed by atoms with Crippen LogP contribution in [0.3, 0.4) is 0 Å². The van der Waals surface area contributed by atoms with Gasteiger partial charge in [0.25, 0.3) is 0 Å². The van der Waals surface area contributed by atoms with Crippen LogP contribution in [0, 0.1) is 0 Å². The highest BCUT2D eigenvalue weighted by molar-refractivity contribution is 7.80. The Labute approximate surface area is 269 Å². The molecule has 2 heterocycles. The Hall–Kier alpha value is -3.92. The zero-order valence-electron chi connectivity index (χ0n) is 25.7. The van der Waals surface area contributed by atoms with E-state index in [1.54, 1.807) is 38.1 Å². The summed E-state index contributed by atoms with van der Waals surface area (Å²) in [5.74, 6) is -1.57. The Balaban J connectivity index is 1.41. The fourth-order valence-electron chi connectivity index (χ4n) is 6.13. The molecule has 2 aliphatic heterocycles. The van der Waals surface area contributed by atoms with Crippen LogP contribution in [0.4, 0.5) is 0 Å². The quantitative estimate of drug-likeness (QED) is 0.119. The molecule has 0 aromatic heterocycles. The molecule has 2 atom stereocenters. The van der Waals surface area contributed by atoms with Crippen molar-refractivity contribution in [2.75, 3.05) is 19.6 Å². The van der Waals surface area contributed by atoms with Crippen LogP contribution in [0.15, 0.2) is 95.9 Å². The smallest absolute Gasteiger partial charge is 0.339 e. The lowest BCUT2D eigenvalue weighted by Crippen LogP contribution is -2.45. The second-order valence-electron chi connectivity index (χ2n) is 11.9. The van der Waals surface area contributed by atoms with Crippen LogP contribution in [0.25, 0.3) is 0 Å². The average molecular weight is 629 g/mol. The molecule has 0 amide bonds. The van der Waals surface area contributed by atoms with Crippen LogP contribution in [-0.4, -0.2) is 43.6 Å². The van der Waals surface area contributed by atoms with Gasteiger partial charge >= 0.3 is 17.9 Å². The van der Waals surface area contributed by atoms with E-state index < -0.39 is 23.1 Å². The number of thiol groups is 1. The van der Waals surface area contributed by atoms with E-state index in [4.69, 9.17) is 14.2 Å². The Morgan fingerprint density at radius 2 is 1.47 bits per heavy atom. The molecule has 3 aromatic rings. The van der Waals surface area contributed by atoms with Gasteiger partial charge in [0.05, 0.1) is 11.7 Å². The van der Waals surface area contributed by atoms with Crippen molar-refractivity contribution in [3.8, 4) is 0 Å². The van der Waals surface area contributed by atoms with Gasteiger partial charge in [-0.2, -0.15) is 0 Å². The molecule has 8 nitrogen and oxygen atoms in total. The highest BCUT2D eigenvalue weighted by Crippen LogP contribution is 2.43. The molecule has 2 fully saturated rings. The van der Waals surface area contributed by atoms with E-state index in [1.165, 1.54) is 0 Å². The van der Waals surface area contributed by atoms with Crippen molar-refractivity contribution >= 4 is 30.5 Å². The van der Waals surface area contributed by atoms with Crippen LogP contribution in [0.1, 0.15) is 72.6 Å². The van der Waals surface area contributed by atoms with Crippen LogP contribution in [0.2, 0.25) is 0 Å². The number of rotatable bonds is 9. The van der Waals surface area contributed by atoms with Gasteiger partial charge in [-0.3, -0.25) is 0 Å². The zero-order valence-corrected chi connectivity index (χ0v) is 26.6. The molecule has 2 aliphatic rings. The van der Waals surface area contributed by atoms with E-state index in [9.17, 15) is 14.4 Å². The minimum Gasteiger partial charge on any atom is -0.460 e. The third kappa shape index (κ3) is 8.03. The molecular weight excluding hydrogens is 588 g/mol. The third-order valence-electron chi connectivity index (χ3n) is 8.37. The predicted molar refractivity (Wildman–Crippen MR) is 174 cm³/mol. The van der Waals surface area contributed by atoms with Crippen LogP contribution < -0.4 is 10.6 Å². The van der Waals surface area contributed by atoms with E-state index in [0.717, 1.165) is 33.7 Å². The van der Waals surface area contributed by atoms with Crippen molar-refractivity contribution < 1.29 is 28.6 Å². The first-order chi connectivity index (χ1) is 21.7. The number of carbonyl (C=O) groups is 3. The summed E-state index contributed by atoms with van der Waals surface area (Å²) in [5, 5.41) is 6.98. The molecule has 0 saturated carbocycles. The Morgan fingerprint density at radius 1 is 0.800 bits per heavy atom. The van der Waals surface area contributed by atoms with Gasteiger partial charge in [0, 0.05) is 48.8 Å². The number of nitrogens with one attached hydrogen (secondary N) is 2. The molecule has 0 aliphatic carbocycles. The van der Waals surface area contributed by atoms with Gasteiger partial charge in [0.1, 0.15) is 11.2 Å². The number of benzene rings is 3. The fraction of sp³-hybridized carbons (Fsp3) is 0.361. The lowest BCUT2D eigenvalue weighted by atomic mass is 9.78. The van der Waals surface area contributed by atoms with Gasteiger partial charge in [-0.1, -0.05) is 54.6 Å². The summed E-state index contributed by atoms with van der Waals surface area (Å²) in [6, 6.07) is 24.9. The summed E-state index contributed by atoms with van der Waals surface area (Å²) in [5.41, 5.74) is 1.60. The molecule has 236 valence electrons. The summed E-state index contributed by atoms with van der Waals surface area (Å²) in [4.78, 5) is 39.1. The first kappa shape index (κ1) is 32.5. The minimum absolute atomic E-state index is 0.133. The maximum absolute atomic E-state index is 13.4. The topological polar surface area (TPSA) is 103 Å². The normalized spacial score (nSPS) is 21.3. The summed E-state index contributed by atoms with van der Waals surface area (Å²) >= 11 is 4.34. The molecule has 0 bridgehead atoms. The predicted octanol–water partition coefficient (Wildman–Crippen LogP) is 5.78. The minimum atomic E-state index is -0.860. The van der Waals surface area contributed by atoms with Gasteiger partial charge < -0.3 is 24.8 Å². The largest absolute Gasteiger partial charge is 0.460 e. The lowest BCUT2D eigenvalue weighted by molar-refractivity contribution is -0.158. The average Bonchev–Trinajstić information content (AvgIpc) is 3.05. The molecule has 2 N–H and O–H groups in total. The van der Waals surface area contributed by atoms with Crippen LogP contribution >= 0.6 is 12.6 Å². The number of carbonyl (C=O) groups excluding carboxylic acids is 3. The molecule has 0 spiro atoms. The molecule has 5 rings (SSSR count). The number of hydrogen-bond donors (Lipinski definition) is 3. The SMILES string of the molecule is CC(C)OC(=O)/C=C/C(=O)OC1(c2cccc(C3CC(OC(=O)c4ccc(S)cc4)(c4ccccc4)CCN3)c2)CCNCC1. The highest BCUT2D eigenvalue weighted by Gasteiger charge is 2.43. The maximum Gasteiger partial charge on any atom is 0.339 e. The van der Waals surface area contributed by atoms with Crippen LogP contribution in [-0.2, 0) is 35.0 Å². The number of esters is 3. The fourth-order valence-corrected chi connectivity index (χ4v) is 6.28. The van der Waals surface area contributed by atoms with Gasteiger partial charge in [-0.05, 0) is 74.4 Å². The highest BCUT2D eigenvalue weighted by atomic mass is 32.1. The summed E-state index contributed by atoms with van der Waals surface area (Å²) in [6.45, 7) is 5.49. The second kappa shape index (κ2) is 14.5. The van der Waals surface area contributed by atoms with Crippen molar-refractivity contribution in [2.45, 2.75) is 67.8 Å². The van der Waals surface area contributed by atoms with E-state index in [0.29, 0.717) is 50.9 Å². The van der Waals surface area contributed by atoms with E-state index in [1.807, 2.05) is 48.5 Å². The lowest BCUT2D eigenvalue weighted by Gasteiger charge is -2.42. The third-order valence-corrected chi connectivity index (χ3v) is 8.67. The van der Waals surface area contributed by atoms with Gasteiger partial charge in [0.15, 0.2) is 0 Å². The summed E-state index contributed by atoms with van der Waals surface area (Å²) in [6.07, 6.45) is 4.26. The molecule has 45 heavy (non-hydrogen) atoms. The molecular formula is C36H40N2O6S. The Morgan fingerprint density at radius 3 is 2.18 bits per heavy atom. The first-order valence-electron chi connectivity index (χ1n) is 15.4. The van der Waals surface area contributed by atoms with Crippen molar-refractivity contribution in [2.24, 2.45) is 0 Å². The maximum atomic E-state index is 13.4. The number of piperidine rings is 2. The second-order valence-corrected chi connectivity index (χ2v) is 12.4. The molecule has 0 radical (unpaired) electrons. The van der Waals surface area contributed by atoms with Crippen LogP contribution in [0.5, 0.6) is 0 Å². The molecule has 2 unspecified atom stereocenters. The monoisotopic (exact) mass is 628 g/mol. The molecule has 9 heteroatoms. The molecule has 3 aromatic carbocycles. The zero-order chi connectivity index (χ0) is 31.9. The number of hydrogen-bond acceptors (Lipinski definition) is 9. The van der Waals surface area contributed by atoms with Gasteiger partial charge in [-0.25, -0.2) is 14.4 Å². The van der Waals surface area contributed by atoms with E-state index in [2.05, 4.69) is 29.3 Å². The van der Waals surface area contributed by atoms with Crippen molar-refractivity contribution in [1.82, 2.24) is 10.6 Å². The molecule has 2 saturated heterocycles. The Bertz CT molecular complexity index is 1520. The van der Waals surface area contributed by atoms with Gasteiger partial charge in [-0.15, -0.1) is 12.6 Å². The first-order valence-corrected chi connectivity index (χ1v) is 15.9. The van der Waals surface area contributed by atoms with E-state index in [-0.39, 0.29) is 18.1 Å². The van der Waals surface area contributed by atoms with Gasteiger partial charge in [0.2, 0.25) is 0 Å². The Kier molecular flexibility index (Phi) is 10.4. The van der Waals surface area contributed by atoms with Crippen molar-refractivity contribution in [1.29, 1.82) is 0 Å². The summed E-state index contributed by atoms with van der Waals surface area (Å²) in [7, 11) is 0. The number of ether oxygens (including phenoxy) is 3. The van der Waals surface area contributed by atoms with Crippen molar-refractivity contribution in [3.05, 3.63) is 113 Å². The standard InChI is InChI=1S/C36H40N2O6S/c1-25(2)42-32(39)15-16-33(40)43-35(17-20-37-21-18-35)29-10-6-7-27(23-29)31-24-36(19-22-38-31,28-8-4-3-5-9-28)44-34(41)26-11-13-30(45)14-12-26/h3-16,23,25,31,37-38,45H,17-22,24H2,1-2H3/b16-15+. The summed E-state index contributed by atoms with van der Waals surface area (Å²) < 4.78 is 17.6. The van der Waals surface area contributed by atoms with E-state index >= 15 is 0 Å².